The summed E-state index contributed by atoms with van der Waals surface area (Å²) < 4.78 is 18.7. The Kier molecular flexibility index (Phi) is 3.67. The molecule has 0 saturated carbocycles. The van der Waals surface area contributed by atoms with Gasteiger partial charge in [-0.3, -0.25) is 4.79 Å². The molecule has 0 aliphatic heterocycles. The van der Waals surface area contributed by atoms with Crippen LogP contribution in [0.5, 0.6) is 5.75 Å². The predicted molar refractivity (Wildman–Crippen MR) is 67.5 cm³/mol. The fourth-order valence-corrected chi connectivity index (χ4v) is 1.60. The van der Waals surface area contributed by atoms with E-state index in [4.69, 9.17) is 5.26 Å². The van der Waals surface area contributed by atoms with Gasteiger partial charge in [-0.1, -0.05) is 0 Å². The van der Waals surface area contributed by atoms with E-state index >= 15 is 0 Å². The third-order valence-electron chi connectivity index (χ3n) is 2.61. The molecule has 0 spiro atoms. The van der Waals surface area contributed by atoms with Crippen LogP contribution in [-0.2, 0) is 4.74 Å². The number of methoxy groups -OCH3 is 1. The first-order valence-corrected chi connectivity index (χ1v) is 5.59. The monoisotopic (exact) mass is 289 g/mol. The van der Waals surface area contributed by atoms with E-state index in [0.29, 0.717) is 0 Å². The number of esters is 1. The van der Waals surface area contributed by atoms with Crippen molar-refractivity contribution in [2.45, 2.75) is 0 Å². The lowest BCUT2D eigenvalue weighted by Gasteiger charge is -2.08. The van der Waals surface area contributed by atoms with Crippen LogP contribution >= 0.6 is 0 Å². The lowest BCUT2D eigenvalue weighted by molar-refractivity contribution is 0.0588. The highest BCUT2D eigenvalue weighted by atomic mass is 19.1. The summed E-state index contributed by atoms with van der Waals surface area (Å²) in [6.07, 6.45) is 0. The van der Waals surface area contributed by atoms with Crippen molar-refractivity contribution in [1.29, 1.82) is 5.26 Å². The van der Waals surface area contributed by atoms with Gasteiger partial charge in [-0.25, -0.2) is 9.18 Å². The topological polar surface area (TPSA) is 105 Å². The van der Waals surface area contributed by atoms with Crippen LogP contribution in [0, 0.1) is 17.1 Å². The van der Waals surface area contributed by atoms with Crippen LogP contribution in [0.15, 0.2) is 29.1 Å². The number of nitriles is 1. The quantitative estimate of drug-likeness (QED) is 0.817. The van der Waals surface area contributed by atoms with Crippen molar-refractivity contribution in [1.82, 2.24) is 9.78 Å². The Bertz CT molecular complexity index is 823. The number of hydrogen-bond donors (Lipinski definition) is 1. The molecule has 0 aliphatic carbocycles. The smallest absolute Gasteiger partial charge is 0.362 e. The summed E-state index contributed by atoms with van der Waals surface area (Å²) in [6.45, 7) is 0. The lowest BCUT2D eigenvalue weighted by atomic mass is 10.2. The highest BCUT2D eigenvalue weighted by Gasteiger charge is 2.17. The molecule has 1 heterocycles. The van der Waals surface area contributed by atoms with Crippen LogP contribution in [0.2, 0.25) is 0 Å². The van der Waals surface area contributed by atoms with Crippen molar-refractivity contribution in [3.63, 3.8) is 0 Å². The summed E-state index contributed by atoms with van der Waals surface area (Å²) in [4.78, 5) is 23.2. The Morgan fingerprint density at radius 1 is 1.48 bits per heavy atom. The summed E-state index contributed by atoms with van der Waals surface area (Å²) in [6, 6.07) is 5.78. The first-order valence-electron chi connectivity index (χ1n) is 5.59. The number of aromatic nitrogens is 2. The van der Waals surface area contributed by atoms with Crippen molar-refractivity contribution >= 4 is 5.97 Å². The highest BCUT2D eigenvalue weighted by molar-refractivity contribution is 5.89. The molecule has 0 amide bonds. The summed E-state index contributed by atoms with van der Waals surface area (Å²) in [7, 11) is 1.08. The van der Waals surface area contributed by atoms with Crippen LogP contribution in [0.4, 0.5) is 4.39 Å². The average Bonchev–Trinajstić information content (AvgIpc) is 2.46. The van der Waals surface area contributed by atoms with E-state index in [2.05, 4.69) is 9.84 Å². The van der Waals surface area contributed by atoms with Gasteiger partial charge in [0.25, 0.3) is 5.56 Å². The number of rotatable bonds is 2. The second-order valence-electron chi connectivity index (χ2n) is 3.90. The van der Waals surface area contributed by atoms with Crippen LogP contribution in [0.1, 0.15) is 16.1 Å². The van der Waals surface area contributed by atoms with Gasteiger partial charge in [-0.15, -0.1) is 0 Å². The van der Waals surface area contributed by atoms with Gasteiger partial charge in [0.05, 0.1) is 18.4 Å². The van der Waals surface area contributed by atoms with Gasteiger partial charge in [0.15, 0.2) is 5.75 Å². The third-order valence-corrected chi connectivity index (χ3v) is 2.61. The minimum absolute atomic E-state index is 0.00153. The van der Waals surface area contributed by atoms with Crippen molar-refractivity contribution < 1.29 is 19.0 Å². The van der Waals surface area contributed by atoms with Crippen LogP contribution < -0.4 is 5.56 Å². The molecule has 8 heteroatoms. The molecule has 0 atom stereocenters. The zero-order chi connectivity index (χ0) is 15.6. The summed E-state index contributed by atoms with van der Waals surface area (Å²) in [5.74, 6) is -2.43. The number of ether oxygens (including phenoxy) is 1. The molecule has 2 aromatic rings. The van der Waals surface area contributed by atoms with Gasteiger partial charge in [0.2, 0.25) is 5.69 Å². The van der Waals surface area contributed by atoms with E-state index < -0.39 is 28.8 Å². The number of hydrogen-bond acceptors (Lipinski definition) is 6. The molecule has 1 N–H and O–H groups in total. The zero-order valence-corrected chi connectivity index (χ0v) is 10.7. The van der Waals surface area contributed by atoms with Crippen molar-refractivity contribution in [2.24, 2.45) is 0 Å². The van der Waals surface area contributed by atoms with E-state index in [0.717, 1.165) is 23.9 Å². The largest absolute Gasteiger partial charge is 0.505 e. The molecule has 21 heavy (non-hydrogen) atoms. The minimum atomic E-state index is -0.949. The normalized spacial score (nSPS) is 9.95. The lowest BCUT2D eigenvalue weighted by Crippen LogP contribution is -2.23. The molecule has 0 saturated heterocycles. The number of halogens is 1. The molecule has 1 aromatic heterocycles. The maximum absolute atomic E-state index is 13.6. The van der Waals surface area contributed by atoms with Crippen LogP contribution in [0.3, 0.4) is 0 Å². The van der Waals surface area contributed by atoms with Crippen molar-refractivity contribution in [2.75, 3.05) is 7.11 Å². The number of carbonyl (C=O) groups is 1. The van der Waals surface area contributed by atoms with E-state index in [1.54, 1.807) is 6.07 Å². The Morgan fingerprint density at radius 3 is 2.76 bits per heavy atom. The number of aromatic hydroxyl groups is 1. The molecule has 0 fully saturated rings. The molecule has 2 rings (SSSR count). The minimum Gasteiger partial charge on any atom is -0.505 e. The Balaban J connectivity index is 2.64. The van der Waals surface area contributed by atoms with Gasteiger partial charge >= 0.3 is 5.97 Å². The molecular formula is C13H8FN3O4. The average molecular weight is 289 g/mol. The fraction of sp³-hybridized carbons (Fsp3) is 0.0769. The van der Waals surface area contributed by atoms with Crippen LogP contribution in [0.25, 0.3) is 5.69 Å². The second kappa shape index (κ2) is 5.42. The molecule has 1 aromatic carbocycles. The van der Waals surface area contributed by atoms with Crippen molar-refractivity contribution in [3.8, 4) is 17.5 Å². The Hall–Kier alpha value is -3.21. The molecular weight excluding hydrogens is 281 g/mol. The summed E-state index contributed by atoms with van der Waals surface area (Å²) in [5.41, 5.74) is -1.45. The number of benzene rings is 1. The summed E-state index contributed by atoms with van der Waals surface area (Å²) in [5, 5.41) is 21.8. The van der Waals surface area contributed by atoms with Crippen molar-refractivity contribution in [3.05, 3.63) is 51.7 Å². The molecule has 7 nitrogen and oxygen atoms in total. The van der Waals surface area contributed by atoms with Crippen LogP contribution in [-0.4, -0.2) is 28.0 Å². The molecule has 0 aliphatic rings. The number of carbonyl (C=O) groups excluding carboxylic acids is 1. The van der Waals surface area contributed by atoms with E-state index in [1.807, 2.05) is 0 Å². The molecule has 106 valence electrons. The van der Waals surface area contributed by atoms with Gasteiger partial charge in [-0.05, 0) is 12.1 Å². The Morgan fingerprint density at radius 2 is 2.19 bits per heavy atom. The Labute approximate surface area is 117 Å². The van der Waals surface area contributed by atoms with Gasteiger partial charge in [0.1, 0.15) is 11.9 Å². The number of nitrogens with zero attached hydrogens (tertiary/aromatic N) is 3. The van der Waals surface area contributed by atoms with E-state index in [-0.39, 0.29) is 11.3 Å². The first-order chi connectivity index (χ1) is 9.97. The van der Waals surface area contributed by atoms with Gasteiger partial charge < -0.3 is 9.84 Å². The standard InChI is InChI=1S/C13H8FN3O4/c1-21-13(20)12-10(18)5-11(19)17(16-12)8-3-2-7(6-15)9(14)4-8/h2-5,18H,1H3. The van der Waals surface area contributed by atoms with Gasteiger partial charge in [0, 0.05) is 12.1 Å². The third kappa shape index (κ3) is 2.57. The highest BCUT2D eigenvalue weighted by Crippen LogP contribution is 2.15. The zero-order valence-electron chi connectivity index (χ0n) is 10.7. The maximum Gasteiger partial charge on any atom is 0.362 e. The SMILES string of the molecule is COC(=O)c1nn(-c2ccc(C#N)c(F)c2)c(=O)cc1O. The second-order valence-corrected chi connectivity index (χ2v) is 3.90. The first kappa shape index (κ1) is 14.2. The maximum atomic E-state index is 13.6. The molecule has 0 radical (unpaired) electrons. The molecule has 0 unspecified atom stereocenters. The molecule has 0 bridgehead atoms. The fourth-order valence-electron chi connectivity index (χ4n) is 1.60. The van der Waals surface area contributed by atoms with Gasteiger partial charge in [-0.2, -0.15) is 15.0 Å². The summed E-state index contributed by atoms with van der Waals surface area (Å²) >= 11 is 0. The van der Waals surface area contributed by atoms with E-state index in [1.165, 1.54) is 12.1 Å². The van der Waals surface area contributed by atoms with E-state index in [9.17, 15) is 19.1 Å². The predicted octanol–water partition coefficient (Wildman–Crippen LogP) is 0.735.